The summed E-state index contributed by atoms with van der Waals surface area (Å²) >= 11 is 3.18. The molecule has 3 aliphatic heterocycles. The molecule has 1 aromatic heterocycles. The third kappa shape index (κ3) is 21.0. The summed E-state index contributed by atoms with van der Waals surface area (Å²) < 4.78 is 26.4. The molecule has 1 saturated heterocycles. The highest BCUT2D eigenvalue weighted by molar-refractivity contribution is 7.98. The highest BCUT2D eigenvalue weighted by Crippen LogP contribution is 2.31. The van der Waals surface area contributed by atoms with Crippen molar-refractivity contribution in [3.8, 4) is 11.5 Å². The number of nitrogens with zero attached hydrogens (tertiary/aromatic N) is 1. The van der Waals surface area contributed by atoms with Crippen molar-refractivity contribution in [2.75, 3.05) is 44.9 Å². The Bertz CT molecular complexity index is 3560. The van der Waals surface area contributed by atoms with Gasteiger partial charge in [0, 0.05) is 78.9 Å². The molecule has 3 aliphatic rings. The number of aromatic amines is 1. The number of hydrogen-bond donors (Lipinski definition) is 11. The number of nitrogens with one attached hydrogen (secondary N) is 9. The third-order valence-corrected chi connectivity index (χ3v) is 19.4. The van der Waals surface area contributed by atoms with Gasteiger partial charge in [0.15, 0.2) is 0 Å². The molecule has 4 aromatic carbocycles. The molecule has 12 N–H and O–H groups in total. The van der Waals surface area contributed by atoms with Crippen molar-refractivity contribution in [1.82, 2.24) is 52.4 Å². The average Bonchev–Trinajstić information content (AvgIpc) is 1.56. The molecule has 26 heteroatoms. The Hall–Kier alpha value is -8.46. The number of H-pyrrole nitrogens is 1. The number of ether oxygens (including phenoxy) is 2. The van der Waals surface area contributed by atoms with E-state index in [4.69, 9.17) is 15.2 Å². The maximum absolute atomic E-state index is 15.2. The number of unbranched alkanes of at least 4 members (excludes halogenated alkanes) is 1. The number of aromatic nitrogens is 1. The normalized spacial score (nSPS) is 24.9. The van der Waals surface area contributed by atoms with Crippen LogP contribution in [0.1, 0.15) is 106 Å². The van der Waals surface area contributed by atoms with Gasteiger partial charge in [-0.1, -0.05) is 60.7 Å². The fraction of sp³-hybridized carbons (Fsp3) is 0.471. The van der Waals surface area contributed by atoms with Crippen LogP contribution in [-0.4, -0.2) is 167 Å². The molecule has 0 saturated carbocycles. The van der Waals surface area contributed by atoms with Gasteiger partial charge in [-0.3, -0.25) is 43.2 Å². The summed E-state index contributed by atoms with van der Waals surface area (Å²) in [5.74, 6) is -3.65. The van der Waals surface area contributed by atoms with Crippen molar-refractivity contribution in [1.29, 1.82) is 0 Å². The van der Waals surface area contributed by atoms with E-state index in [1.54, 1.807) is 91.3 Å². The van der Waals surface area contributed by atoms with Gasteiger partial charge in [0.1, 0.15) is 71.8 Å². The van der Waals surface area contributed by atoms with Gasteiger partial charge < -0.3 is 72.7 Å². The van der Waals surface area contributed by atoms with Gasteiger partial charge in [0.25, 0.3) is 0 Å². The van der Waals surface area contributed by atoms with Crippen LogP contribution in [0.5, 0.6) is 11.5 Å². The van der Waals surface area contributed by atoms with E-state index in [0.29, 0.717) is 107 Å². The molecule has 1 fully saturated rings. The zero-order chi connectivity index (χ0) is 68.7. The molecular weight excluding hydrogens is 1270 g/mol. The summed E-state index contributed by atoms with van der Waals surface area (Å²) in [6.45, 7) is 5.39. The van der Waals surface area contributed by atoms with E-state index in [0.717, 1.165) is 11.1 Å². The van der Waals surface area contributed by atoms with Crippen molar-refractivity contribution in [3.63, 3.8) is 0 Å². The molecule has 4 heterocycles. The van der Waals surface area contributed by atoms with Gasteiger partial charge >= 0.3 is 0 Å². The van der Waals surface area contributed by atoms with E-state index in [2.05, 4.69) is 53.6 Å². The number of carbonyl (C=O) groups excluding carboxylic acids is 9. The van der Waals surface area contributed by atoms with E-state index in [9.17, 15) is 38.3 Å². The Kier molecular flexibility index (Phi) is 27.5. The number of halogens is 1. The largest absolute Gasteiger partial charge is 0.497 e. The van der Waals surface area contributed by atoms with Crippen LogP contribution in [0.4, 0.5) is 4.39 Å². The van der Waals surface area contributed by atoms with Gasteiger partial charge in [-0.25, -0.2) is 4.39 Å². The average molecular weight is 1360 g/mol. The summed E-state index contributed by atoms with van der Waals surface area (Å²) in [5, 5.41) is 34.2. The molecule has 23 nitrogen and oxygen atoms in total. The number of fused-ring (bicyclic) bond motifs is 12. The number of aliphatic hydroxyl groups is 1. The first-order valence-corrected chi connectivity index (χ1v) is 35.1. The first kappa shape index (κ1) is 73.4. The molecule has 9 amide bonds. The molecule has 8 rings (SSSR count). The van der Waals surface area contributed by atoms with E-state index >= 15 is 14.4 Å². The minimum atomic E-state index is -1.72. The Morgan fingerprint density at radius 1 is 0.729 bits per heavy atom. The molecule has 96 heavy (non-hydrogen) atoms. The van der Waals surface area contributed by atoms with Gasteiger partial charge in [-0.15, -0.1) is 0 Å². The molecule has 6 bridgehead atoms. The van der Waals surface area contributed by atoms with Gasteiger partial charge in [0.05, 0.1) is 13.2 Å². The number of hydrogen-bond acceptors (Lipinski definition) is 15. The van der Waals surface area contributed by atoms with Crippen LogP contribution in [-0.2, 0) is 73.9 Å². The molecule has 516 valence electrons. The van der Waals surface area contributed by atoms with E-state index < -0.39 is 101 Å². The van der Waals surface area contributed by atoms with Crippen LogP contribution in [0.15, 0.2) is 109 Å². The minimum absolute atomic E-state index is 0.0441. The molecule has 0 unspecified atom stereocenters. The highest BCUT2D eigenvalue weighted by Gasteiger charge is 2.48. The highest BCUT2D eigenvalue weighted by atomic mass is 32.2. The topological polar surface area (TPSA) is 334 Å². The second-order valence-electron chi connectivity index (χ2n) is 24.7. The summed E-state index contributed by atoms with van der Waals surface area (Å²) in [7, 11) is 1.51. The summed E-state index contributed by atoms with van der Waals surface area (Å²) in [6.07, 6.45) is 5.94. The summed E-state index contributed by atoms with van der Waals surface area (Å²) in [6, 6.07) is 16.1. The maximum atomic E-state index is 15.2. The number of benzene rings is 4. The van der Waals surface area contributed by atoms with E-state index in [1.807, 2.05) is 24.3 Å². The smallest absolute Gasteiger partial charge is 0.246 e. The summed E-state index contributed by atoms with van der Waals surface area (Å²) in [4.78, 5) is 136. The zero-order valence-electron chi connectivity index (χ0n) is 54.8. The van der Waals surface area contributed by atoms with Crippen molar-refractivity contribution < 1.29 is 62.1 Å². The van der Waals surface area contributed by atoms with Crippen LogP contribution in [0.25, 0.3) is 10.9 Å². The Morgan fingerprint density at radius 2 is 1.44 bits per heavy atom. The third-order valence-electron chi connectivity index (χ3n) is 17.3. The van der Waals surface area contributed by atoms with Crippen molar-refractivity contribution >= 4 is 87.6 Å². The van der Waals surface area contributed by atoms with Crippen LogP contribution in [0, 0.1) is 5.82 Å². The molecule has 0 aliphatic carbocycles. The predicted molar refractivity (Wildman–Crippen MR) is 367 cm³/mol. The second kappa shape index (κ2) is 36.0. The van der Waals surface area contributed by atoms with Gasteiger partial charge in [-0.05, 0) is 149 Å². The van der Waals surface area contributed by atoms with Crippen molar-refractivity contribution in [2.45, 2.75) is 163 Å². The lowest BCUT2D eigenvalue weighted by Crippen LogP contribution is -2.63. The number of thioether (sulfide) groups is 2. The lowest BCUT2D eigenvalue weighted by molar-refractivity contribution is -0.147. The first-order chi connectivity index (χ1) is 46.2. The molecule has 0 spiro atoms. The van der Waals surface area contributed by atoms with E-state index in [-0.39, 0.29) is 69.9 Å². The standard InChI is InChI=1S/C70H90FN11O12S2/c1-43-62(85)78-57-37-46-14-12-17-52(35-46)94-31-10-6-5-7-18-56(77-66(89)58(79-65(57)88)38-49-40-74-54-25-22-50(71)39-53(49)54)64(87)81-61(44(2)83)67(90)80-59(36-45-20-23-51(93-4)24-21-45)68(91)82-30-13-27-70(82,3)69(92)73-29-33-96-42-48-16-11-15-47(34-48)41-95-32-26-60(84)76-55(63(86)75-43)19-8-9-28-72/h6,10-12,14-17,20-25,34-35,39-40,43-44,55-59,61,74,83H,5,7-9,13,18-19,26-33,36-38,41-42,72H2,1-4H3,(H,73,92)(H,75,86)(H,76,84)(H,77,89)(H,78,85)(H,79,88)(H,80,90)(H,81,87)/b10-6+/t43-,44-,55+,56+,57+,58+,59+,61+,70+/m1/s1. The van der Waals surface area contributed by atoms with Crippen LogP contribution >= 0.6 is 23.5 Å². The quantitative estimate of drug-likeness (QED) is 0.0680. The SMILES string of the molecule is COc1ccc(C[C@@H]2NC(=O)[C@H]([C@@H](C)O)NC(=O)[C@@H]3CCC/C=C/COc4cccc(c4)C[C@H](NC(=O)[C@@H](C)NC(=O)[C@H](CCCCN)NC(=O)CCSCc4cccc(c4)CSCCNC(=O)[C@]4(C)CCCN4C2=O)C(=O)N[C@@H](Cc2c[nH]c4ccc(F)cc24)C(=O)N3)cc1. The van der Waals surface area contributed by atoms with Gasteiger partial charge in [-0.2, -0.15) is 23.5 Å². The monoisotopic (exact) mass is 1360 g/mol. The van der Waals surface area contributed by atoms with E-state index in [1.165, 1.54) is 44.1 Å². The van der Waals surface area contributed by atoms with Gasteiger partial charge in [0.2, 0.25) is 53.2 Å². The number of allylic oxidation sites excluding steroid dienone is 1. The van der Waals surface area contributed by atoms with Crippen LogP contribution < -0.4 is 57.7 Å². The Balaban J connectivity index is 1.13. The number of aliphatic hydroxyl groups excluding tert-OH is 1. The molecular formula is C70H90FN11O12S2. The number of methoxy groups -OCH3 is 1. The predicted octanol–water partition coefficient (Wildman–Crippen LogP) is 4.45. The number of carbonyl (C=O) groups is 9. The van der Waals surface area contributed by atoms with Crippen LogP contribution in [0.2, 0.25) is 0 Å². The lowest BCUT2D eigenvalue weighted by Gasteiger charge is -2.37. The van der Waals surface area contributed by atoms with Crippen LogP contribution in [0.3, 0.4) is 0 Å². The fourth-order valence-corrected chi connectivity index (χ4v) is 13.6. The lowest BCUT2D eigenvalue weighted by atomic mass is 9.95. The number of nitrogens with two attached hydrogens (primary N) is 1. The molecule has 5 aromatic rings. The zero-order valence-corrected chi connectivity index (χ0v) is 56.4. The number of amides is 9. The number of rotatable bonds is 10. The maximum Gasteiger partial charge on any atom is 0.246 e. The first-order valence-electron chi connectivity index (χ1n) is 32.8. The summed E-state index contributed by atoms with van der Waals surface area (Å²) in [5.41, 5.74) is 8.70. The minimum Gasteiger partial charge on any atom is -0.497 e. The van der Waals surface area contributed by atoms with Crippen molar-refractivity contribution in [3.05, 3.63) is 143 Å². The van der Waals surface area contributed by atoms with Crippen molar-refractivity contribution in [2.24, 2.45) is 5.73 Å². The second-order valence-corrected chi connectivity index (χ2v) is 26.9. The molecule has 9 atom stereocenters. The molecule has 0 radical (unpaired) electrons. The Morgan fingerprint density at radius 3 is 2.19 bits per heavy atom. The Labute approximate surface area is 567 Å². The fourth-order valence-electron chi connectivity index (χ4n) is 11.9.